The molecule has 0 bridgehead atoms. The van der Waals surface area contributed by atoms with Gasteiger partial charge in [-0.25, -0.2) is 8.78 Å². The van der Waals surface area contributed by atoms with Gasteiger partial charge in [0.05, 0.1) is 0 Å². The van der Waals surface area contributed by atoms with Crippen LogP contribution < -0.4 is 5.32 Å². The molecule has 0 fully saturated rings. The van der Waals surface area contributed by atoms with Gasteiger partial charge in [-0.3, -0.25) is 4.79 Å². The first-order valence-electron chi connectivity index (χ1n) is 7.87. The lowest BCUT2D eigenvalue weighted by molar-refractivity contribution is 0.0944. The van der Waals surface area contributed by atoms with Gasteiger partial charge in [-0.1, -0.05) is 17.3 Å². The number of hydrogen-bond donors (Lipinski definition) is 1. The molecular formula is C19H16F2N2O2. The number of amides is 1. The molecule has 1 N–H and O–H groups in total. The number of rotatable bonds is 6. The van der Waals surface area contributed by atoms with Gasteiger partial charge in [0, 0.05) is 18.2 Å². The Morgan fingerprint density at radius 3 is 2.32 bits per heavy atom. The van der Waals surface area contributed by atoms with Crippen LogP contribution in [0.1, 0.15) is 22.5 Å². The van der Waals surface area contributed by atoms with Crippen molar-refractivity contribution in [2.45, 2.75) is 12.8 Å². The first-order valence-corrected chi connectivity index (χ1v) is 7.87. The molecule has 25 heavy (non-hydrogen) atoms. The van der Waals surface area contributed by atoms with Crippen LogP contribution in [0.4, 0.5) is 8.78 Å². The molecule has 0 aliphatic rings. The normalized spacial score (nSPS) is 10.6. The average molecular weight is 342 g/mol. The molecular weight excluding hydrogens is 326 g/mol. The molecule has 1 heterocycles. The van der Waals surface area contributed by atoms with Crippen molar-refractivity contribution in [3.63, 3.8) is 0 Å². The molecule has 0 unspecified atom stereocenters. The molecule has 0 atom stereocenters. The number of nitrogens with zero attached hydrogens (tertiary/aromatic N) is 1. The summed E-state index contributed by atoms with van der Waals surface area (Å²) in [4.78, 5) is 12.1. The molecule has 2 aromatic carbocycles. The number of hydrogen-bond acceptors (Lipinski definition) is 3. The van der Waals surface area contributed by atoms with Crippen LogP contribution in [-0.2, 0) is 6.42 Å². The summed E-state index contributed by atoms with van der Waals surface area (Å²) in [5, 5.41) is 6.50. The Labute approximate surface area is 143 Å². The molecule has 1 aromatic heterocycles. The SMILES string of the molecule is O=C(NCCCc1ccc(F)cc1)c1cc(-c2ccc(F)cc2)on1. The van der Waals surface area contributed by atoms with E-state index in [1.807, 2.05) is 0 Å². The highest BCUT2D eigenvalue weighted by atomic mass is 19.1. The van der Waals surface area contributed by atoms with Gasteiger partial charge in [0.1, 0.15) is 11.6 Å². The second kappa shape index (κ2) is 7.70. The van der Waals surface area contributed by atoms with Crippen molar-refractivity contribution in [2.24, 2.45) is 0 Å². The van der Waals surface area contributed by atoms with E-state index in [0.29, 0.717) is 17.9 Å². The Bertz CT molecular complexity index is 843. The van der Waals surface area contributed by atoms with Crippen molar-refractivity contribution < 1.29 is 18.1 Å². The lowest BCUT2D eigenvalue weighted by Gasteiger charge is -2.03. The van der Waals surface area contributed by atoms with E-state index in [9.17, 15) is 13.6 Å². The molecule has 0 aliphatic heterocycles. The number of aryl methyl sites for hydroxylation is 1. The third-order valence-corrected chi connectivity index (χ3v) is 3.71. The van der Waals surface area contributed by atoms with Crippen molar-refractivity contribution in [3.8, 4) is 11.3 Å². The van der Waals surface area contributed by atoms with E-state index < -0.39 is 0 Å². The first kappa shape index (κ1) is 16.8. The summed E-state index contributed by atoms with van der Waals surface area (Å²) >= 11 is 0. The first-order chi connectivity index (χ1) is 12.1. The third-order valence-electron chi connectivity index (χ3n) is 3.71. The number of aromatic nitrogens is 1. The second-order valence-electron chi connectivity index (χ2n) is 5.57. The number of benzene rings is 2. The lowest BCUT2D eigenvalue weighted by Crippen LogP contribution is -2.25. The standard InChI is InChI=1S/C19H16F2N2O2/c20-15-7-3-13(4-8-15)2-1-11-22-19(24)17-12-18(25-23-17)14-5-9-16(21)10-6-14/h3-10,12H,1-2,11H2,(H,22,24). The van der Waals surface area contributed by atoms with E-state index in [-0.39, 0.29) is 23.2 Å². The van der Waals surface area contributed by atoms with Crippen LogP contribution in [0.2, 0.25) is 0 Å². The van der Waals surface area contributed by atoms with Crippen LogP contribution in [0.5, 0.6) is 0 Å². The van der Waals surface area contributed by atoms with Gasteiger partial charge in [0.2, 0.25) is 0 Å². The van der Waals surface area contributed by atoms with Gasteiger partial charge in [0.25, 0.3) is 5.91 Å². The Hall–Kier alpha value is -3.02. The highest BCUT2D eigenvalue weighted by molar-refractivity contribution is 5.93. The Kier molecular flexibility index (Phi) is 5.18. The zero-order chi connectivity index (χ0) is 17.6. The van der Waals surface area contributed by atoms with E-state index >= 15 is 0 Å². The zero-order valence-corrected chi connectivity index (χ0v) is 13.3. The predicted octanol–water partition coefficient (Wildman–Crippen LogP) is 3.98. The van der Waals surface area contributed by atoms with Crippen LogP contribution in [0.3, 0.4) is 0 Å². The molecule has 0 radical (unpaired) electrons. The summed E-state index contributed by atoms with van der Waals surface area (Å²) in [5.41, 5.74) is 1.82. The largest absolute Gasteiger partial charge is 0.355 e. The minimum Gasteiger partial charge on any atom is -0.355 e. The summed E-state index contributed by atoms with van der Waals surface area (Å²) < 4.78 is 30.9. The van der Waals surface area contributed by atoms with Crippen molar-refractivity contribution >= 4 is 5.91 Å². The van der Waals surface area contributed by atoms with Crippen LogP contribution in [-0.4, -0.2) is 17.6 Å². The van der Waals surface area contributed by atoms with Crippen LogP contribution in [0, 0.1) is 11.6 Å². The number of carbonyl (C=O) groups excluding carboxylic acids is 1. The van der Waals surface area contributed by atoms with Crippen molar-refractivity contribution in [1.29, 1.82) is 0 Å². The van der Waals surface area contributed by atoms with E-state index in [2.05, 4.69) is 10.5 Å². The van der Waals surface area contributed by atoms with Gasteiger partial charge in [-0.05, 0) is 54.8 Å². The summed E-state index contributed by atoms with van der Waals surface area (Å²) in [5.74, 6) is -0.546. The lowest BCUT2D eigenvalue weighted by atomic mass is 10.1. The van der Waals surface area contributed by atoms with E-state index in [4.69, 9.17) is 4.52 Å². The molecule has 0 spiro atoms. The van der Waals surface area contributed by atoms with Crippen molar-refractivity contribution in [2.75, 3.05) is 6.54 Å². The molecule has 4 nitrogen and oxygen atoms in total. The van der Waals surface area contributed by atoms with Gasteiger partial charge in [-0.2, -0.15) is 0 Å². The second-order valence-corrected chi connectivity index (χ2v) is 5.57. The summed E-state index contributed by atoms with van der Waals surface area (Å²) in [7, 11) is 0. The molecule has 0 saturated carbocycles. The molecule has 3 rings (SSSR count). The monoisotopic (exact) mass is 342 g/mol. The van der Waals surface area contributed by atoms with Crippen molar-refractivity contribution in [1.82, 2.24) is 10.5 Å². The number of nitrogens with one attached hydrogen (secondary N) is 1. The zero-order valence-electron chi connectivity index (χ0n) is 13.3. The maximum absolute atomic E-state index is 12.9. The summed E-state index contributed by atoms with van der Waals surface area (Å²) in [6.45, 7) is 0.467. The number of carbonyl (C=O) groups is 1. The quantitative estimate of drug-likeness (QED) is 0.689. The van der Waals surface area contributed by atoms with Gasteiger partial charge in [-0.15, -0.1) is 0 Å². The van der Waals surface area contributed by atoms with E-state index in [0.717, 1.165) is 18.4 Å². The highest BCUT2D eigenvalue weighted by Crippen LogP contribution is 2.20. The molecule has 3 aromatic rings. The summed E-state index contributed by atoms with van der Waals surface area (Å²) in [6, 6.07) is 13.5. The smallest absolute Gasteiger partial charge is 0.273 e. The van der Waals surface area contributed by atoms with Crippen LogP contribution in [0.25, 0.3) is 11.3 Å². The minimum atomic E-state index is -0.345. The third kappa shape index (κ3) is 4.50. The molecule has 1 amide bonds. The number of halogens is 2. The fourth-order valence-electron chi connectivity index (χ4n) is 2.37. The van der Waals surface area contributed by atoms with Crippen molar-refractivity contribution in [3.05, 3.63) is 77.5 Å². The fraction of sp³-hybridized carbons (Fsp3) is 0.158. The van der Waals surface area contributed by atoms with Crippen LogP contribution in [0.15, 0.2) is 59.1 Å². The Morgan fingerprint density at radius 1 is 1.00 bits per heavy atom. The van der Waals surface area contributed by atoms with Crippen LogP contribution >= 0.6 is 0 Å². The average Bonchev–Trinajstić information content (AvgIpc) is 3.11. The Morgan fingerprint density at radius 2 is 1.64 bits per heavy atom. The fourth-order valence-corrected chi connectivity index (χ4v) is 2.37. The van der Waals surface area contributed by atoms with Gasteiger partial charge >= 0.3 is 0 Å². The molecule has 0 aliphatic carbocycles. The predicted molar refractivity (Wildman–Crippen MR) is 89.0 cm³/mol. The molecule has 6 heteroatoms. The molecule has 128 valence electrons. The Balaban J connectivity index is 1.50. The minimum absolute atomic E-state index is 0.168. The topological polar surface area (TPSA) is 55.1 Å². The van der Waals surface area contributed by atoms with E-state index in [1.165, 1.54) is 30.3 Å². The maximum Gasteiger partial charge on any atom is 0.273 e. The summed E-state index contributed by atoms with van der Waals surface area (Å²) in [6.07, 6.45) is 1.46. The van der Waals surface area contributed by atoms with Gasteiger partial charge < -0.3 is 9.84 Å². The maximum atomic E-state index is 12.9. The van der Waals surface area contributed by atoms with Gasteiger partial charge in [0.15, 0.2) is 11.5 Å². The molecule has 0 saturated heterocycles. The van der Waals surface area contributed by atoms with E-state index in [1.54, 1.807) is 24.3 Å². The highest BCUT2D eigenvalue weighted by Gasteiger charge is 2.13.